The number of ether oxygens (including phenoxy) is 1. The smallest absolute Gasteiger partial charge is 0.329 e. The van der Waals surface area contributed by atoms with Crippen molar-refractivity contribution in [2.45, 2.75) is 19.8 Å². The van der Waals surface area contributed by atoms with Crippen LogP contribution in [0, 0.1) is 0 Å². The first-order chi connectivity index (χ1) is 8.52. The van der Waals surface area contributed by atoms with Crippen LogP contribution < -0.4 is 5.32 Å². The third-order valence-electron chi connectivity index (χ3n) is 2.02. The van der Waals surface area contributed by atoms with E-state index in [4.69, 9.17) is 9.84 Å². The highest BCUT2D eigenvalue weighted by Crippen LogP contribution is 2.19. The van der Waals surface area contributed by atoms with Crippen LogP contribution in [0.25, 0.3) is 0 Å². The van der Waals surface area contributed by atoms with Gasteiger partial charge in [-0.1, -0.05) is 18.3 Å². The number of rotatable bonds is 7. The summed E-state index contributed by atoms with van der Waals surface area (Å²) in [7, 11) is 0. The molecule has 0 aliphatic carbocycles. The van der Waals surface area contributed by atoms with Crippen molar-refractivity contribution in [2.75, 3.05) is 19.8 Å². The fraction of sp³-hybridized carbons (Fsp3) is 0.600. The minimum Gasteiger partial charge on any atom is -0.480 e. The average Bonchev–Trinajstić information content (AvgIpc) is 2.76. The Kier molecular flexibility index (Phi) is 5.66. The number of nitrogens with one attached hydrogen (secondary N) is 1. The van der Waals surface area contributed by atoms with Crippen molar-refractivity contribution in [3.8, 4) is 0 Å². The van der Waals surface area contributed by atoms with Crippen LogP contribution in [0.15, 0.2) is 0 Å². The largest absolute Gasteiger partial charge is 0.480 e. The lowest BCUT2D eigenvalue weighted by molar-refractivity contribution is -0.142. The second-order valence-electron chi connectivity index (χ2n) is 3.84. The van der Waals surface area contributed by atoms with Crippen molar-refractivity contribution in [2.24, 2.45) is 0 Å². The van der Waals surface area contributed by atoms with Gasteiger partial charge in [-0.25, -0.2) is 4.79 Å². The topological polar surface area (TPSA) is 101 Å². The highest BCUT2D eigenvalue weighted by atomic mass is 32.1. The van der Waals surface area contributed by atoms with Gasteiger partial charge < -0.3 is 15.2 Å². The van der Waals surface area contributed by atoms with Crippen LogP contribution in [0.2, 0.25) is 0 Å². The Balaban J connectivity index is 2.36. The number of hydrogen-bond acceptors (Lipinski definition) is 6. The van der Waals surface area contributed by atoms with Crippen LogP contribution in [0.3, 0.4) is 0 Å². The Bertz CT molecular complexity index is 419. The Morgan fingerprint density at radius 1 is 1.50 bits per heavy atom. The molecule has 8 heteroatoms. The first-order valence-corrected chi connectivity index (χ1v) is 6.19. The predicted octanol–water partition coefficient (Wildman–Crippen LogP) is 0.492. The summed E-state index contributed by atoms with van der Waals surface area (Å²) in [5.41, 5.74) is 0.670. The molecule has 1 heterocycles. The number of carboxylic acids is 1. The molecule has 0 aromatic carbocycles. The summed E-state index contributed by atoms with van der Waals surface area (Å²) in [5.74, 6) is -1.16. The molecule has 0 aliphatic heterocycles. The van der Waals surface area contributed by atoms with Crippen LogP contribution in [0.4, 0.5) is 0 Å². The molecule has 2 N–H and O–H groups in total. The third-order valence-corrected chi connectivity index (χ3v) is 2.76. The van der Waals surface area contributed by atoms with Gasteiger partial charge in [-0.2, -0.15) is 0 Å². The van der Waals surface area contributed by atoms with E-state index in [1.165, 1.54) is 0 Å². The minimum atomic E-state index is -1.03. The van der Waals surface area contributed by atoms with Crippen LogP contribution in [0.1, 0.15) is 35.1 Å². The average molecular weight is 273 g/mol. The van der Waals surface area contributed by atoms with Gasteiger partial charge in [-0.3, -0.25) is 4.79 Å². The zero-order chi connectivity index (χ0) is 13.5. The summed E-state index contributed by atoms with van der Waals surface area (Å²) >= 11 is 1.05. The number of aliphatic carboxylic acids is 1. The van der Waals surface area contributed by atoms with Crippen molar-refractivity contribution < 1.29 is 19.4 Å². The van der Waals surface area contributed by atoms with Crippen molar-refractivity contribution in [3.63, 3.8) is 0 Å². The molecule has 18 heavy (non-hydrogen) atoms. The zero-order valence-electron chi connectivity index (χ0n) is 10.2. The molecule has 1 amide bonds. The lowest BCUT2D eigenvalue weighted by Crippen LogP contribution is -2.28. The van der Waals surface area contributed by atoms with Gasteiger partial charge >= 0.3 is 5.97 Å². The molecule has 1 aromatic heterocycles. The molecule has 0 radical (unpaired) electrons. The molecule has 1 rings (SSSR count). The zero-order valence-corrected chi connectivity index (χ0v) is 11.0. The van der Waals surface area contributed by atoms with Gasteiger partial charge in [0.25, 0.3) is 5.91 Å². The van der Waals surface area contributed by atoms with Gasteiger partial charge in [0.15, 0.2) is 0 Å². The molecule has 0 saturated heterocycles. The lowest BCUT2D eigenvalue weighted by atomic mass is 10.1. The van der Waals surface area contributed by atoms with Gasteiger partial charge in [0.1, 0.15) is 11.5 Å². The second kappa shape index (κ2) is 7.02. The molecule has 7 nitrogen and oxygen atoms in total. The summed E-state index contributed by atoms with van der Waals surface area (Å²) in [4.78, 5) is 22.4. The summed E-state index contributed by atoms with van der Waals surface area (Å²) in [5, 5.41) is 14.9. The van der Waals surface area contributed by atoms with Gasteiger partial charge in [-0.05, 0) is 17.5 Å². The number of hydrogen-bond donors (Lipinski definition) is 2. The standard InChI is InChI=1S/C10H15N3O4S/c1-6(2)8-9(18-13-12-8)10(16)11-3-4-17-5-7(14)15/h6H,3-5H2,1-2H3,(H,11,16)(H,14,15). The first-order valence-electron chi connectivity index (χ1n) is 5.42. The van der Waals surface area contributed by atoms with Crippen LogP contribution in [0.5, 0.6) is 0 Å². The highest BCUT2D eigenvalue weighted by Gasteiger charge is 2.17. The quantitative estimate of drug-likeness (QED) is 0.701. The molecule has 0 bridgehead atoms. The maximum atomic E-state index is 11.8. The van der Waals surface area contributed by atoms with Crippen molar-refractivity contribution >= 4 is 23.4 Å². The predicted molar refractivity (Wildman–Crippen MR) is 64.8 cm³/mol. The second-order valence-corrected chi connectivity index (χ2v) is 4.60. The molecule has 100 valence electrons. The summed E-state index contributed by atoms with van der Waals surface area (Å²) < 4.78 is 8.55. The van der Waals surface area contributed by atoms with E-state index in [0.29, 0.717) is 10.6 Å². The van der Waals surface area contributed by atoms with E-state index in [1.807, 2.05) is 13.8 Å². The Hall–Kier alpha value is -1.54. The van der Waals surface area contributed by atoms with E-state index < -0.39 is 5.97 Å². The van der Waals surface area contributed by atoms with E-state index in [0.717, 1.165) is 11.5 Å². The molecule has 1 aromatic rings. The monoisotopic (exact) mass is 273 g/mol. The molecule has 0 atom stereocenters. The number of amides is 1. The molecule has 0 aliphatic rings. The molecule has 0 saturated carbocycles. The molecular formula is C10H15N3O4S. The number of carbonyl (C=O) groups excluding carboxylic acids is 1. The lowest BCUT2D eigenvalue weighted by Gasteiger charge is -2.06. The number of nitrogens with zero attached hydrogens (tertiary/aromatic N) is 2. The SMILES string of the molecule is CC(C)c1nnsc1C(=O)NCCOCC(=O)O. The van der Waals surface area contributed by atoms with Gasteiger partial charge in [0.2, 0.25) is 0 Å². The molecule has 0 fully saturated rings. The number of aromatic nitrogens is 2. The fourth-order valence-corrected chi connectivity index (χ4v) is 1.94. The van der Waals surface area contributed by atoms with E-state index in [-0.39, 0.29) is 31.6 Å². The Morgan fingerprint density at radius 2 is 2.22 bits per heavy atom. The summed E-state index contributed by atoms with van der Waals surface area (Å²) in [6.07, 6.45) is 0. The fourth-order valence-electron chi connectivity index (χ4n) is 1.21. The maximum Gasteiger partial charge on any atom is 0.329 e. The minimum absolute atomic E-state index is 0.132. The summed E-state index contributed by atoms with van der Waals surface area (Å²) in [6.45, 7) is 3.91. The van der Waals surface area contributed by atoms with E-state index in [1.54, 1.807) is 0 Å². The summed E-state index contributed by atoms with van der Waals surface area (Å²) in [6, 6.07) is 0. The van der Waals surface area contributed by atoms with Crippen molar-refractivity contribution in [1.29, 1.82) is 0 Å². The van der Waals surface area contributed by atoms with Crippen LogP contribution >= 0.6 is 11.5 Å². The van der Waals surface area contributed by atoms with Gasteiger partial charge in [0, 0.05) is 6.54 Å². The van der Waals surface area contributed by atoms with Gasteiger partial charge in [-0.15, -0.1) is 5.10 Å². The van der Waals surface area contributed by atoms with Crippen molar-refractivity contribution in [3.05, 3.63) is 10.6 Å². The molecule has 0 unspecified atom stereocenters. The Labute approximate surface area is 108 Å². The number of carboxylic acid groups (broad SMARTS) is 1. The molecular weight excluding hydrogens is 258 g/mol. The van der Waals surface area contributed by atoms with E-state index >= 15 is 0 Å². The van der Waals surface area contributed by atoms with E-state index in [2.05, 4.69) is 14.9 Å². The normalized spacial score (nSPS) is 10.6. The Morgan fingerprint density at radius 3 is 2.83 bits per heavy atom. The number of carbonyl (C=O) groups is 2. The third kappa shape index (κ3) is 4.38. The maximum absolute atomic E-state index is 11.8. The van der Waals surface area contributed by atoms with Crippen LogP contribution in [-0.2, 0) is 9.53 Å². The molecule has 0 spiro atoms. The van der Waals surface area contributed by atoms with E-state index in [9.17, 15) is 9.59 Å². The van der Waals surface area contributed by atoms with Crippen LogP contribution in [-0.4, -0.2) is 46.3 Å². The van der Waals surface area contributed by atoms with Crippen molar-refractivity contribution in [1.82, 2.24) is 14.9 Å². The van der Waals surface area contributed by atoms with Gasteiger partial charge in [0.05, 0.1) is 12.3 Å². The first kappa shape index (κ1) is 14.5. The highest BCUT2D eigenvalue weighted by molar-refractivity contribution is 7.08.